The van der Waals surface area contributed by atoms with Gasteiger partial charge in [0.25, 0.3) is 0 Å². The van der Waals surface area contributed by atoms with Gasteiger partial charge in [0.15, 0.2) is 5.78 Å². The lowest BCUT2D eigenvalue weighted by atomic mass is 9.97. The molecule has 0 fully saturated rings. The monoisotopic (exact) mass is 270 g/mol. The molecule has 0 saturated heterocycles. The largest absolute Gasteiger partial charge is 0.466 e. The maximum atomic E-state index is 12.6. The summed E-state index contributed by atoms with van der Waals surface area (Å²) in [4.78, 5) is 12.6. The molecule has 0 aliphatic heterocycles. The van der Waals surface area contributed by atoms with Crippen molar-refractivity contribution in [2.24, 2.45) is 5.92 Å². The van der Waals surface area contributed by atoms with Crippen LogP contribution in [0.25, 0.3) is 0 Å². The van der Waals surface area contributed by atoms with E-state index in [2.05, 4.69) is 13.8 Å². The number of rotatable bonds is 4. The van der Waals surface area contributed by atoms with Crippen molar-refractivity contribution in [2.45, 2.75) is 41.0 Å². The van der Waals surface area contributed by atoms with E-state index in [0.29, 0.717) is 17.2 Å². The molecule has 2 rings (SSSR count). The predicted molar refractivity (Wildman–Crippen MR) is 81.3 cm³/mol. The molecule has 1 aromatic heterocycles. The van der Waals surface area contributed by atoms with Crippen molar-refractivity contribution in [3.63, 3.8) is 0 Å². The summed E-state index contributed by atoms with van der Waals surface area (Å²) in [6.45, 7) is 10.1. The number of hydrogen-bond acceptors (Lipinski definition) is 2. The molecule has 2 heteroatoms. The Balaban J connectivity index is 2.29. The van der Waals surface area contributed by atoms with Crippen LogP contribution in [0.5, 0.6) is 0 Å². The molecule has 0 amide bonds. The first-order valence-electron chi connectivity index (χ1n) is 7.10. The van der Waals surface area contributed by atoms with Gasteiger partial charge in [0, 0.05) is 11.1 Å². The lowest BCUT2D eigenvalue weighted by Gasteiger charge is -2.06. The van der Waals surface area contributed by atoms with Gasteiger partial charge in [-0.2, -0.15) is 0 Å². The van der Waals surface area contributed by atoms with Gasteiger partial charge < -0.3 is 4.42 Å². The Morgan fingerprint density at radius 2 is 1.65 bits per heavy atom. The van der Waals surface area contributed by atoms with Crippen molar-refractivity contribution in [1.29, 1.82) is 0 Å². The highest BCUT2D eigenvalue weighted by atomic mass is 16.3. The third-order valence-corrected chi connectivity index (χ3v) is 3.65. The molecular weight excluding hydrogens is 248 g/mol. The minimum Gasteiger partial charge on any atom is -0.466 e. The lowest BCUT2D eigenvalue weighted by molar-refractivity contribution is 0.103. The number of hydrogen-bond donors (Lipinski definition) is 0. The summed E-state index contributed by atoms with van der Waals surface area (Å²) in [6, 6.07) is 7.93. The summed E-state index contributed by atoms with van der Waals surface area (Å²) in [5, 5.41) is 0. The van der Waals surface area contributed by atoms with Crippen molar-refractivity contribution < 1.29 is 9.21 Å². The van der Waals surface area contributed by atoms with Crippen LogP contribution >= 0.6 is 0 Å². The van der Waals surface area contributed by atoms with Crippen molar-refractivity contribution >= 4 is 5.78 Å². The van der Waals surface area contributed by atoms with E-state index in [1.54, 1.807) is 0 Å². The van der Waals surface area contributed by atoms with Gasteiger partial charge in [-0.05, 0) is 38.7 Å². The van der Waals surface area contributed by atoms with E-state index >= 15 is 0 Å². The van der Waals surface area contributed by atoms with Crippen molar-refractivity contribution in [1.82, 2.24) is 0 Å². The molecule has 2 nitrogen and oxygen atoms in total. The third kappa shape index (κ3) is 2.84. The lowest BCUT2D eigenvalue weighted by Crippen LogP contribution is -2.04. The molecule has 1 aromatic carbocycles. The minimum absolute atomic E-state index is 0.0490. The number of furan rings is 1. The van der Waals surface area contributed by atoms with Crippen LogP contribution in [0.2, 0.25) is 0 Å². The second-order valence-electron chi connectivity index (χ2n) is 5.84. The average molecular weight is 270 g/mol. The van der Waals surface area contributed by atoms with Crippen LogP contribution in [0.4, 0.5) is 0 Å². The summed E-state index contributed by atoms with van der Waals surface area (Å²) in [5.41, 5.74) is 3.65. The standard InChI is InChI=1S/C18H22O2/c1-11(2)10-15-6-8-16(9-7-15)18(19)17-12(3)13(4)20-14(17)5/h6-9,11H,10H2,1-5H3. The molecule has 0 spiro atoms. The van der Waals surface area contributed by atoms with Crippen LogP contribution < -0.4 is 0 Å². The van der Waals surface area contributed by atoms with Gasteiger partial charge >= 0.3 is 0 Å². The molecular formula is C18H22O2. The van der Waals surface area contributed by atoms with Crippen molar-refractivity contribution in [3.8, 4) is 0 Å². The third-order valence-electron chi connectivity index (χ3n) is 3.65. The van der Waals surface area contributed by atoms with Crippen LogP contribution in [0.15, 0.2) is 28.7 Å². The molecule has 1 heterocycles. The fourth-order valence-electron chi connectivity index (χ4n) is 2.54. The number of ketones is 1. The Hall–Kier alpha value is -1.83. The van der Waals surface area contributed by atoms with Crippen LogP contribution in [-0.4, -0.2) is 5.78 Å². The van der Waals surface area contributed by atoms with Gasteiger partial charge in [-0.25, -0.2) is 0 Å². The molecule has 2 aromatic rings. The first-order chi connectivity index (χ1) is 9.40. The fourth-order valence-corrected chi connectivity index (χ4v) is 2.54. The first kappa shape index (κ1) is 14.6. The molecule has 0 aliphatic rings. The fraction of sp³-hybridized carbons (Fsp3) is 0.389. The van der Waals surface area contributed by atoms with E-state index in [9.17, 15) is 4.79 Å². The highest BCUT2D eigenvalue weighted by Crippen LogP contribution is 2.24. The number of aryl methyl sites for hydroxylation is 2. The smallest absolute Gasteiger partial charge is 0.196 e. The Labute approximate surface area is 120 Å². The molecule has 0 radical (unpaired) electrons. The quantitative estimate of drug-likeness (QED) is 0.758. The molecule has 0 unspecified atom stereocenters. The topological polar surface area (TPSA) is 30.2 Å². The molecule has 0 bridgehead atoms. The van der Waals surface area contributed by atoms with Crippen LogP contribution in [-0.2, 0) is 6.42 Å². The van der Waals surface area contributed by atoms with E-state index in [0.717, 1.165) is 23.3 Å². The Morgan fingerprint density at radius 3 is 2.10 bits per heavy atom. The van der Waals surface area contributed by atoms with Gasteiger partial charge in [0.1, 0.15) is 11.5 Å². The van der Waals surface area contributed by atoms with Crippen LogP contribution in [0.3, 0.4) is 0 Å². The van der Waals surface area contributed by atoms with Crippen LogP contribution in [0.1, 0.15) is 52.4 Å². The summed E-state index contributed by atoms with van der Waals surface area (Å²) >= 11 is 0. The Bertz CT molecular complexity index is 616. The number of carbonyl (C=O) groups is 1. The second-order valence-corrected chi connectivity index (χ2v) is 5.84. The van der Waals surface area contributed by atoms with E-state index in [1.165, 1.54) is 5.56 Å². The maximum Gasteiger partial charge on any atom is 0.196 e. The Morgan fingerprint density at radius 1 is 1.05 bits per heavy atom. The number of carbonyl (C=O) groups excluding carboxylic acids is 1. The van der Waals surface area contributed by atoms with Crippen molar-refractivity contribution in [3.05, 3.63) is 58.0 Å². The minimum atomic E-state index is 0.0490. The first-order valence-corrected chi connectivity index (χ1v) is 7.10. The summed E-state index contributed by atoms with van der Waals surface area (Å²) in [6.07, 6.45) is 1.04. The molecule has 0 aliphatic carbocycles. The van der Waals surface area contributed by atoms with Gasteiger partial charge in [-0.15, -0.1) is 0 Å². The van der Waals surface area contributed by atoms with Crippen LogP contribution in [0, 0.1) is 26.7 Å². The highest BCUT2D eigenvalue weighted by molar-refractivity contribution is 6.10. The van der Waals surface area contributed by atoms with E-state index in [-0.39, 0.29) is 5.78 Å². The highest BCUT2D eigenvalue weighted by Gasteiger charge is 2.19. The van der Waals surface area contributed by atoms with Gasteiger partial charge in [0.2, 0.25) is 0 Å². The van der Waals surface area contributed by atoms with E-state index in [4.69, 9.17) is 4.42 Å². The normalized spacial score (nSPS) is 11.1. The zero-order chi connectivity index (χ0) is 14.9. The second kappa shape index (κ2) is 5.66. The summed E-state index contributed by atoms with van der Waals surface area (Å²) in [5.74, 6) is 2.20. The molecule has 0 N–H and O–H groups in total. The van der Waals surface area contributed by atoms with Gasteiger partial charge in [-0.3, -0.25) is 4.79 Å². The molecule has 0 saturated carbocycles. The SMILES string of the molecule is Cc1oc(C)c(C(=O)c2ccc(CC(C)C)cc2)c1C. The molecule has 0 atom stereocenters. The zero-order valence-electron chi connectivity index (χ0n) is 12.9. The molecule has 20 heavy (non-hydrogen) atoms. The Kier molecular flexibility index (Phi) is 4.12. The number of benzene rings is 1. The van der Waals surface area contributed by atoms with Gasteiger partial charge in [0.05, 0.1) is 5.56 Å². The average Bonchev–Trinajstić information content (AvgIpc) is 2.63. The van der Waals surface area contributed by atoms with Gasteiger partial charge in [-0.1, -0.05) is 38.1 Å². The predicted octanol–water partition coefficient (Wildman–Crippen LogP) is 4.63. The maximum absolute atomic E-state index is 12.6. The molecule has 106 valence electrons. The zero-order valence-corrected chi connectivity index (χ0v) is 12.9. The van der Waals surface area contributed by atoms with E-state index < -0.39 is 0 Å². The summed E-state index contributed by atoms with van der Waals surface area (Å²) < 4.78 is 5.54. The summed E-state index contributed by atoms with van der Waals surface area (Å²) in [7, 11) is 0. The van der Waals surface area contributed by atoms with E-state index in [1.807, 2.05) is 45.0 Å². The van der Waals surface area contributed by atoms with Crippen molar-refractivity contribution in [2.75, 3.05) is 0 Å².